The van der Waals surface area contributed by atoms with E-state index >= 15 is 0 Å². The van der Waals surface area contributed by atoms with Crippen LogP contribution in [0.15, 0.2) is 83.8 Å². The SMILES string of the molecule is O=C(O)c1cc(SCCc2ccccc2)ccc1NS(=O)(=O)N1CCN(c2ccccc2)CC1. The molecular weight excluding hydrogens is 470 g/mol. The van der Waals surface area contributed by atoms with Gasteiger partial charge < -0.3 is 10.0 Å². The lowest BCUT2D eigenvalue weighted by Crippen LogP contribution is -2.50. The maximum Gasteiger partial charge on any atom is 0.337 e. The van der Waals surface area contributed by atoms with Gasteiger partial charge in [0.2, 0.25) is 0 Å². The van der Waals surface area contributed by atoms with Crippen LogP contribution in [0.25, 0.3) is 0 Å². The van der Waals surface area contributed by atoms with Crippen molar-refractivity contribution in [1.82, 2.24) is 4.31 Å². The Bertz CT molecular complexity index is 1210. The van der Waals surface area contributed by atoms with Crippen molar-refractivity contribution in [3.05, 3.63) is 90.0 Å². The van der Waals surface area contributed by atoms with E-state index < -0.39 is 16.2 Å². The fourth-order valence-electron chi connectivity index (χ4n) is 3.84. The summed E-state index contributed by atoms with van der Waals surface area (Å²) in [6.45, 7) is 1.77. The summed E-state index contributed by atoms with van der Waals surface area (Å²) in [5.41, 5.74) is 2.29. The first-order valence-corrected chi connectivity index (χ1v) is 13.5. The maximum absolute atomic E-state index is 13.0. The predicted octanol–water partition coefficient (Wildman–Crippen LogP) is 4.20. The first-order valence-electron chi connectivity index (χ1n) is 11.0. The van der Waals surface area contributed by atoms with Crippen molar-refractivity contribution in [2.75, 3.05) is 41.6 Å². The van der Waals surface area contributed by atoms with Crippen LogP contribution in [-0.2, 0) is 16.6 Å². The van der Waals surface area contributed by atoms with Gasteiger partial charge in [-0.2, -0.15) is 12.7 Å². The number of piperazine rings is 1. The normalized spacial score (nSPS) is 14.6. The van der Waals surface area contributed by atoms with Crippen LogP contribution in [0.4, 0.5) is 11.4 Å². The summed E-state index contributed by atoms with van der Waals surface area (Å²) >= 11 is 1.54. The van der Waals surface area contributed by atoms with Crippen LogP contribution in [0, 0.1) is 0 Å². The lowest BCUT2D eigenvalue weighted by molar-refractivity contribution is 0.0697. The highest BCUT2D eigenvalue weighted by Crippen LogP contribution is 2.27. The second-order valence-electron chi connectivity index (χ2n) is 7.93. The number of carboxylic acids is 1. The minimum Gasteiger partial charge on any atom is -0.478 e. The number of carbonyl (C=O) groups is 1. The van der Waals surface area contributed by atoms with Crippen molar-refractivity contribution in [2.45, 2.75) is 11.3 Å². The number of para-hydroxylation sites is 1. The molecule has 34 heavy (non-hydrogen) atoms. The average Bonchev–Trinajstić information content (AvgIpc) is 2.86. The Labute approximate surface area is 204 Å². The summed E-state index contributed by atoms with van der Waals surface area (Å²) in [6, 6.07) is 24.7. The number of rotatable bonds is 9. The molecule has 2 N–H and O–H groups in total. The zero-order valence-corrected chi connectivity index (χ0v) is 20.3. The minimum absolute atomic E-state index is 0.0591. The number of aromatic carboxylic acids is 1. The number of hydrogen-bond donors (Lipinski definition) is 2. The van der Waals surface area contributed by atoms with Crippen LogP contribution in [-0.4, -0.2) is 55.7 Å². The third-order valence-corrected chi connectivity index (χ3v) is 8.18. The van der Waals surface area contributed by atoms with Gasteiger partial charge in [-0.15, -0.1) is 11.8 Å². The molecule has 0 spiro atoms. The molecule has 0 bridgehead atoms. The Kier molecular flexibility index (Phi) is 7.77. The Morgan fingerprint density at radius 1 is 0.912 bits per heavy atom. The average molecular weight is 498 g/mol. The Morgan fingerprint density at radius 3 is 2.21 bits per heavy atom. The van der Waals surface area contributed by atoms with E-state index in [2.05, 4.69) is 21.8 Å². The third kappa shape index (κ3) is 6.11. The van der Waals surface area contributed by atoms with Crippen LogP contribution < -0.4 is 9.62 Å². The highest BCUT2D eigenvalue weighted by atomic mass is 32.2. The fourth-order valence-corrected chi connectivity index (χ4v) is 6.01. The largest absolute Gasteiger partial charge is 0.478 e. The molecule has 0 aliphatic carbocycles. The molecule has 0 unspecified atom stereocenters. The number of carboxylic acid groups (broad SMARTS) is 1. The second kappa shape index (κ2) is 10.9. The topological polar surface area (TPSA) is 89.9 Å². The molecule has 4 rings (SSSR count). The van der Waals surface area contributed by atoms with E-state index in [4.69, 9.17) is 0 Å². The fraction of sp³-hybridized carbons (Fsp3) is 0.240. The molecule has 1 saturated heterocycles. The van der Waals surface area contributed by atoms with Crippen LogP contribution in [0.1, 0.15) is 15.9 Å². The summed E-state index contributed by atoms with van der Waals surface area (Å²) in [4.78, 5) is 14.8. The number of anilines is 2. The summed E-state index contributed by atoms with van der Waals surface area (Å²) < 4.78 is 29.8. The van der Waals surface area contributed by atoms with Gasteiger partial charge in [-0.05, 0) is 42.3 Å². The summed E-state index contributed by atoms with van der Waals surface area (Å²) in [5.74, 6) is -0.378. The molecule has 7 nitrogen and oxygen atoms in total. The Balaban J connectivity index is 1.39. The van der Waals surface area contributed by atoms with E-state index in [1.165, 1.54) is 22.0 Å². The van der Waals surface area contributed by atoms with Gasteiger partial charge in [-0.1, -0.05) is 48.5 Å². The molecule has 3 aromatic carbocycles. The van der Waals surface area contributed by atoms with Crippen molar-refractivity contribution >= 4 is 39.3 Å². The maximum atomic E-state index is 13.0. The molecule has 0 saturated carbocycles. The molecule has 0 radical (unpaired) electrons. The number of thioether (sulfide) groups is 1. The number of aryl methyl sites for hydroxylation is 1. The molecular formula is C25H27N3O4S2. The van der Waals surface area contributed by atoms with Crippen molar-refractivity contribution in [1.29, 1.82) is 0 Å². The quantitative estimate of drug-likeness (QED) is 0.431. The van der Waals surface area contributed by atoms with Gasteiger partial charge >= 0.3 is 16.2 Å². The Morgan fingerprint density at radius 2 is 1.56 bits per heavy atom. The molecule has 1 aliphatic rings. The monoisotopic (exact) mass is 497 g/mol. The second-order valence-corrected chi connectivity index (χ2v) is 10.8. The molecule has 1 fully saturated rings. The molecule has 9 heteroatoms. The molecule has 0 amide bonds. The number of nitrogens with zero attached hydrogens (tertiary/aromatic N) is 2. The molecule has 178 valence electrons. The molecule has 3 aromatic rings. The molecule has 1 aliphatic heterocycles. The van der Waals surface area contributed by atoms with Crippen LogP contribution in [0.5, 0.6) is 0 Å². The first kappa shape index (κ1) is 24.1. The van der Waals surface area contributed by atoms with Crippen molar-refractivity contribution in [3.8, 4) is 0 Å². The van der Waals surface area contributed by atoms with Gasteiger partial charge in [-0.3, -0.25) is 4.72 Å². The van der Waals surface area contributed by atoms with Gasteiger partial charge in [-0.25, -0.2) is 4.79 Å². The van der Waals surface area contributed by atoms with Crippen molar-refractivity contribution in [3.63, 3.8) is 0 Å². The lowest BCUT2D eigenvalue weighted by atomic mass is 10.2. The molecule has 1 heterocycles. The van der Waals surface area contributed by atoms with E-state index in [0.29, 0.717) is 26.2 Å². The summed E-state index contributed by atoms with van der Waals surface area (Å²) in [7, 11) is -3.88. The van der Waals surface area contributed by atoms with Gasteiger partial charge in [0.15, 0.2) is 0 Å². The van der Waals surface area contributed by atoms with Crippen molar-refractivity contribution < 1.29 is 18.3 Å². The van der Waals surface area contributed by atoms with E-state index in [9.17, 15) is 18.3 Å². The highest BCUT2D eigenvalue weighted by molar-refractivity contribution is 7.99. The predicted molar refractivity (Wildman–Crippen MR) is 137 cm³/mol. The van der Waals surface area contributed by atoms with E-state index in [-0.39, 0.29) is 11.3 Å². The number of benzene rings is 3. The highest BCUT2D eigenvalue weighted by Gasteiger charge is 2.28. The van der Waals surface area contributed by atoms with Gasteiger partial charge in [0.25, 0.3) is 0 Å². The van der Waals surface area contributed by atoms with Gasteiger partial charge in [0, 0.05) is 42.5 Å². The van der Waals surface area contributed by atoms with Crippen LogP contribution in [0.3, 0.4) is 0 Å². The number of hydrogen-bond acceptors (Lipinski definition) is 5. The Hall–Kier alpha value is -3.01. The first-order chi connectivity index (χ1) is 16.4. The van der Waals surface area contributed by atoms with E-state index in [1.54, 1.807) is 17.8 Å². The van der Waals surface area contributed by atoms with Crippen LogP contribution >= 0.6 is 11.8 Å². The minimum atomic E-state index is -3.88. The third-order valence-electron chi connectivity index (χ3n) is 5.66. The molecule has 0 aromatic heterocycles. The summed E-state index contributed by atoms with van der Waals surface area (Å²) in [5, 5.41) is 9.70. The molecule has 0 atom stereocenters. The standard InChI is InChI=1S/C25H27N3O4S2/c29-25(30)23-19-22(33-18-13-20-7-3-1-4-8-20)11-12-24(23)26-34(31,32)28-16-14-27(15-17-28)21-9-5-2-6-10-21/h1-12,19,26H,13-18H2,(H,29,30). The zero-order chi connectivity index (χ0) is 24.0. The zero-order valence-electron chi connectivity index (χ0n) is 18.6. The lowest BCUT2D eigenvalue weighted by Gasteiger charge is -2.35. The van der Waals surface area contributed by atoms with E-state index in [0.717, 1.165) is 22.8 Å². The number of nitrogens with one attached hydrogen (secondary N) is 1. The summed E-state index contributed by atoms with van der Waals surface area (Å²) in [6.07, 6.45) is 0.858. The van der Waals surface area contributed by atoms with Gasteiger partial charge in [0.05, 0.1) is 11.3 Å². The smallest absolute Gasteiger partial charge is 0.337 e. The van der Waals surface area contributed by atoms with E-state index in [1.807, 2.05) is 48.5 Å². The van der Waals surface area contributed by atoms with Gasteiger partial charge in [0.1, 0.15) is 0 Å². The van der Waals surface area contributed by atoms with Crippen LogP contribution in [0.2, 0.25) is 0 Å². The van der Waals surface area contributed by atoms with Crippen molar-refractivity contribution in [2.24, 2.45) is 0 Å².